The quantitative estimate of drug-likeness (QED) is 0.787. The summed E-state index contributed by atoms with van der Waals surface area (Å²) in [6, 6.07) is 0. The number of nitrogens with one attached hydrogen (secondary N) is 1. The molecule has 1 unspecified atom stereocenters. The van der Waals surface area contributed by atoms with E-state index in [-0.39, 0.29) is 5.41 Å². The highest BCUT2D eigenvalue weighted by atomic mass is 16.3. The first-order chi connectivity index (χ1) is 7.30. The average Bonchev–Trinajstić information content (AvgIpc) is 2.17. The molecule has 0 spiro atoms. The van der Waals surface area contributed by atoms with E-state index in [1.807, 2.05) is 20.8 Å². The third-order valence-electron chi connectivity index (χ3n) is 2.05. The predicted octanol–water partition coefficient (Wildman–Crippen LogP) is 1.09. The number of aliphatic hydroxyl groups excluding tert-OH is 1. The number of carbonyl (C=O) groups excluding carboxylic acids is 1. The number of rotatable bonds is 2. The number of carbonyl (C=O) groups is 1. The second-order valence-electron chi connectivity index (χ2n) is 4.70. The van der Waals surface area contributed by atoms with Crippen molar-refractivity contribution in [1.82, 2.24) is 9.97 Å². The van der Waals surface area contributed by atoms with Crippen molar-refractivity contribution >= 4 is 11.7 Å². The lowest BCUT2D eigenvalue weighted by atomic mass is 9.93. The van der Waals surface area contributed by atoms with Crippen molar-refractivity contribution in [3.63, 3.8) is 0 Å². The van der Waals surface area contributed by atoms with Gasteiger partial charge in [-0.2, -0.15) is 0 Å². The minimum absolute atomic E-state index is 0.0696. The van der Waals surface area contributed by atoms with Gasteiger partial charge in [-0.15, -0.1) is 0 Å². The van der Waals surface area contributed by atoms with Crippen LogP contribution in [0.5, 0.6) is 0 Å². The van der Waals surface area contributed by atoms with Gasteiger partial charge in [0.25, 0.3) is 5.91 Å². The van der Waals surface area contributed by atoms with Crippen LogP contribution in [0.3, 0.4) is 0 Å². The average molecular weight is 223 g/mol. The third kappa shape index (κ3) is 3.27. The Morgan fingerprint density at radius 1 is 1.38 bits per heavy atom. The summed E-state index contributed by atoms with van der Waals surface area (Å²) in [5, 5.41) is 11.5. The fraction of sp³-hybridized carbons (Fsp3) is 0.545. The van der Waals surface area contributed by atoms with Crippen LogP contribution in [0.2, 0.25) is 0 Å². The second-order valence-corrected chi connectivity index (χ2v) is 4.70. The highest BCUT2D eigenvalue weighted by molar-refractivity contribution is 5.92. The molecular weight excluding hydrogens is 206 g/mol. The normalized spacial score (nSPS) is 13.3. The monoisotopic (exact) mass is 223 g/mol. The molecule has 2 N–H and O–H groups in total. The highest BCUT2D eigenvalue weighted by Gasteiger charge is 2.16. The highest BCUT2D eigenvalue weighted by Crippen LogP contribution is 2.19. The van der Waals surface area contributed by atoms with Gasteiger partial charge in [-0.3, -0.25) is 9.78 Å². The molecule has 1 rings (SSSR count). The summed E-state index contributed by atoms with van der Waals surface area (Å²) in [7, 11) is 0. The van der Waals surface area contributed by atoms with E-state index in [4.69, 9.17) is 5.11 Å². The fourth-order valence-electron chi connectivity index (χ4n) is 1.01. The summed E-state index contributed by atoms with van der Waals surface area (Å²) in [4.78, 5) is 19.4. The van der Waals surface area contributed by atoms with Crippen molar-refractivity contribution in [2.75, 3.05) is 5.32 Å². The molecule has 0 aliphatic heterocycles. The minimum Gasteiger partial charge on any atom is -0.384 e. The molecule has 1 aromatic heterocycles. The van der Waals surface area contributed by atoms with Crippen molar-refractivity contribution in [3.05, 3.63) is 18.1 Å². The van der Waals surface area contributed by atoms with Crippen LogP contribution in [0.25, 0.3) is 0 Å². The zero-order valence-electron chi connectivity index (χ0n) is 9.98. The van der Waals surface area contributed by atoms with Crippen LogP contribution in [0.1, 0.15) is 33.4 Å². The molecule has 0 aliphatic rings. The third-order valence-corrected chi connectivity index (χ3v) is 2.05. The smallest absolute Gasteiger partial charge is 0.254 e. The van der Waals surface area contributed by atoms with E-state index in [0.29, 0.717) is 5.82 Å². The molecule has 1 amide bonds. The Hall–Kier alpha value is -1.49. The number of hydrogen-bond donors (Lipinski definition) is 2. The molecule has 1 aromatic rings. The Balaban J connectivity index is 2.76. The first-order valence-corrected chi connectivity index (χ1v) is 5.12. The van der Waals surface area contributed by atoms with Gasteiger partial charge in [0.05, 0.1) is 18.1 Å². The first kappa shape index (κ1) is 12.6. The Kier molecular flexibility index (Phi) is 3.59. The van der Waals surface area contributed by atoms with Crippen molar-refractivity contribution in [2.24, 2.45) is 0 Å². The summed E-state index contributed by atoms with van der Waals surface area (Å²) < 4.78 is 0. The number of anilines is 1. The van der Waals surface area contributed by atoms with Gasteiger partial charge in [0, 0.05) is 5.41 Å². The summed E-state index contributed by atoms with van der Waals surface area (Å²) in [5.74, 6) is -0.142. The molecular formula is C11H17N3O2. The van der Waals surface area contributed by atoms with Gasteiger partial charge in [0.2, 0.25) is 0 Å². The number of aliphatic hydroxyl groups is 1. The minimum atomic E-state index is -1.05. The van der Waals surface area contributed by atoms with E-state index < -0.39 is 12.0 Å². The van der Waals surface area contributed by atoms with Crippen molar-refractivity contribution in [3.8, 4) is 0 Å². The molecule has 16 heavy (non-hydrogen) atoms. The van der Waals surface area contributed by atoms with Gasteiger partial charge in [-0.25, -0.2) is 4.98 Å². The summed E-state index contributed by atoms with van der Waals surface area (Å²) in [5.41, 5.74) is 0.780. The molecule has 5 nitrogen and oxygen atoms in total. The van der Waals surface area contributed by atoms with E-state index >= 15 is 0 Å². The van der Waals surface area contributed by atoms with Gasteiger partial charge in [-0.05, 0) is 6.92 Å². The predicted molar refractivity (Wildman–Crippen MR) is 61.0 cm³/mol. The van der Waals surface area contributed by atoms with Gasteiger partial charge >= 0.3 is 0 Å². The molecule has 0 aromatic carbocycles. The van der Waals surface area contributed by atoms with E-state index in [0.717, 1.165) is 5.69 Å². The summed E-state index contributed by atoms with van der Waals surface area (Å²) in [6.45, 7) is 7.49. The van der Waals surface area contributed by atoms with E-state index in [1.165, 1.54) is 13.1 Å². The van der Waals surface area contributed by atoms with Crippen LogP contribution in [-0.4, -0.2) is 27.1 Å². The Labute approximate surface area is 94.9 Å². The zero-order chi connectivity index (χ0) is 12.3. The van der Waals surface area contributed by atoms with E-state index in [1.54, 1.807) is 6.20 Å². The molecule has 88 valence electrons. The SMILES string of the molecule is CC(O)C(=O)Nc1cnc(C(C)(C)C)cn1. The molecule has 0 saturated carbocycles. The van der Waals surface area contributed by atoms with E-state index in [2.05, 4.69) is 15.3 Å². The lowest BCUT2D eigenvalue weighted by Crippen LogP contribution is -2.25. The molecule has 1 atom stereocenters. The number of nitrogens with zero attached hydrogens (tertiary/aromatic N) is 2. The van der Waals surface area contributed by atoms with Crippen LogP contribution in [0.4, 0.5) is 5.82 Å². The van der Waals surface area contributed by atoms with Crippen molar-refractivity contribution < 1.29 is 9.90 Å². The standard InChI is InChI=1S/C11H17N3O2/c1-7(15)10(16)14-9-6-12-8(5-13-9)11(2,3)4/h5-7,15H,1-4H3,(H,13,14,16). The topological polar surface area (TPSA) is 75.1 Å². The van der Waals surface area contributed by atoms with Crippen LogP contribution in [0.15, 0.2) is 12.4 Å². The maximum atomic E-state index is 11.2. The van der Waals surface area contributed by atoms with Gasteiger partial charge in [0.1, 0.15) is 6.10 Å². The maximum Gasteiger partial charge on any atom is 0.254 e. The van der Waals surface area contributed by atoms with Gasteiger partial charge in [-0.1, -0.05) is 20.8 Å². The van der Waals surface area contributed by atoms with Crippen molar-refractivity contribution in [2.45, 2.75) is 39.2 Å². The molecule has 0 saturated heterocycles. The molecule has 5 heteroatoms. The summed E-state index contributed by atoms with van der Waals surface area (Å²) >= 11 is 0. The second kappa shape index (κ2) is 4.57. The summed E-state index contributed by atoms with van der Waals surface area (Å²) in [6.07, 6.45) is 2.06. The molecule has 1 heterocycles. The Morgan fingerprint density at radius 3 is 2.38 bits per heavy atom. The lowest BCUT2D eigenvalue weighted by Gasteiger charge is -2.17. The number of hydrogen-bond acceptors (Lipinski definition) is 4. The Morgan fingerprint density at radius 2 is 2.00 bits per heavy atom. The van der Waals surface area contributed by atoms with Crippen LogP contribution >= 0.6 is 0 Å². The van der Waals surface area contributed by atoms with Gasteiger partial charge < -0.3 is 10.4 Å². The molecule has 0 bridgehead atoms. The maximum absolute atomic E-state index is 11.2. The van der Waals surface area contributed by atoms with Crippen LogP contribution < -0.4 is 5.32 Å². The largest absolute Gasteiger partial charge is 0.384 e. The fourth-order valence-corrected chi connectivity index (χ4v) is 1.01. The number of amides is 1. The molecule has 0 aliphatic carbocycles. The van der Waals surface area contributed by atoms with Crippen molar-refractivity contribution in [1.29, 1.82) is 0 Å². The molecule has 0 radical (unpaired) electrons. The Bertz CT molecular complexity index is 366. The zero-order valence-corrected chi connectivity index (χ0v) is 9.98. The molecule has 0 fully saturated rings. The van der Waals surface area contributed by atoms with Gasteiger partial charge in [0.15, 0.2) is 5.82 Å². The van der Waals surface area contributed by atoms with Crippen LogP contribution in [0, 0.1) is 0 Å². The van der Waals surface area contributed by atoms with E-state index in [9.17, 15) is 4.79 Å². The van der Waals surface area contributed by atoms with Crippen LogP contribution in [-0.2, 0) is 10.2 Å². The number of aromatic nitrogens is 2. The lowest BCUT2D eigenvalue weighted by molar-refractivity contribution is -0.123. The first-order valence-electron chi connectivity index (χ1n) is 5.12.